The summed E-state index contributed by atoms with van der Waals surface area (Å²) in [6, 6.07) is 0. The van der Waals surface area contributed by atoms with E-state index in [2.05, 4.69) is 34.6 Å². The Hall–Kier alpha value is -0.930. The van der Waals surface area contributed by atoms with E-state index in [-0.39, 0.29) is 57.4 Å². The number of rotatable bonds is 5. The predicted octanol–water partition coefficient (Wildman–Crippen LogP) is 5.81. The Balaban J connectivity index is 1.14. The van der Waals surface area contributed by atoms with Gasteiger partial charge in [-0.1, -0.05) is 34.6 Å². The van der Waals surface area contributed by atoms with Gasteiger partial charge in [0.1, 0.15) is 12.2 Å². The van der Waals surface area contributed by atoms with Crippen molar-refractivity contribution in [3.63, 3.8) is 0 Å². The second kappa shape index (κ2) is 10.5. The van der Waals surface area contributed by atoms with Crippen LogP contribution in [0.4, 0.5) is 4.79 Å². The molecule has 2 heterocycles. The van der Waals surface area contributed by atoms with Crippen molar-refractivity contribution in [1.29, 1.82) is 0 Å². The minimum atomic E-state index is -1.03. The van der Waals surface area contributed by atoms with Gasteiger partial charge in [-0.3, -0.25) is 0 Å². The lowest BCUT2D eigenvalue weighted by atomic mass is 9.41. The number of morpholine rings is 1. The number of aliphatic hydroxyl groups is 2. The van der Waals surface area contributed by atoms with Crippen molar-refractivity contribution >= 4 is 6.09 Å². The first-order valence-corrected chi connectivity index (χ1v) is 18.3. The number of carbonyl (C=O) groups excluding carboxylic acids is 1. The third-order valence-corrected chi connectivity index (χ3v) is 15.7. The molecule has 1 unspecified atom stereocenters. The number of hydrogen-bond acceptors (Lipinski definition) is 7. The minimum absolute atomic E-state index is 0.00967. The van der Waals surface area contributed by atoms with Crippen LogP contribution in [0.25, 0.3) is 0 Å². The molecule has 0 aromatic carbocycles. The number of ether oxygens (including phenoxy) is 4. The summed E-state index contributed by atoms with van der Waals surface area (Å²) in [7, 11) is 0. The summed E-state index contributed by atoms with van der Waals surface area (Å²) >= 11 is 0. The second-order valence-electron chi connectivity index (χ2n) is 18.1. The van der Waals surface area contributed by atoms with Crippen LogP contribution < -0.4 is 0 Å². The fraction of sp³-hybridized carbons (Fsp3) is 0.973. The van der Waals surface area contributed by atoms with Crippen LogP contribution in [-0.2, 0) is 18.9 Å². The zero-order valence-electron chi connectivity index (χ0n) is 29.3. The molecule has 13 atom stereocenters. The lowest BCUT2D eigenvalue weighted by Gasteiger charge is -2.63. The molecular weight excluding hydrogens is 570 g/mol. The van der Waals surface area contributed by atoms with Crippen molar-refractivity contribution in [2.75, 3.05) is 32.9 Å². The molecule has 2 N–H and O–H groups in total. The van der Waals surface area contributed by atoms with E-state index in [9.17, 15) is 15.0 Å². The van der Waals surface area contributed by atoms with Gasteiger partial charge in [0.25, 0.3) is 0 Å². The van der Waals surface area contributed by atoms with Gasteiger partial charge in [-0.2, -0.15) is 0 Å². The number of aliphatic hydroxyl groups excluding tert-OH is 1. The molecule has 45 heavy (non-hydrogen) atoms. The van der Waals surface area contributed by atoms with E-state index in [0.717, 1.165) is 38.5 Å². The average Bonchev–Trinajstić information content (AvgIpc) is 3.61. The van der Waals surface area contributed by atoms with Crippen LogP contribution in [-0.4, -0.2) is 90.2 Å². The first-order chi connectivity index (χ1) is 21.1. The van der Waals surface area contributed by atoms with E-state index in [4.69, 9.17) is 18.9 Å². The quantitative estimate of drug-likeness (QED) is 0.395. The highest BCUT2D eigenvalue weighted by atomic mass is 16.6. The highest BCUT2D eigenvalue weighted by molar-refractivity contribution is 5.68. The molecule has 2 saturated heterocycles. The molecule has 7 aliphatic rings. The molecule has 7 rings (SSSR count). The lowest BCUT2D eigenvalue weighted by Crippen LogP contribution is -2.60. The number of hydrogen-bond donors (Lipinski definition) is 2. The second-order valence-corrected chi connectivity index (χ2v) is 18.1. The van der Waals surface area contributed by atoms with Gasteiger partial charge >= 0.3 is 6.09 Å². The van der Waals surface area contributed by atoms with Gasteiger partial charge in [0.15, 0.2) is 0 Å². The van der Waals surface area contributed by atoms with E-state index in [0.29, 0.717) is 50.7 Å². The van der Waals surface area contributed by atoms with Crippen LogP contribution in [0.15, 0.2) is 0 Å². The molecule has 0 aromatic rings. The van der Waals surface area contributed by atoms with E-state index in [1.807, 2.05) is 25.7 Å². The van der Waals surface area contributed by atoms with E-state index >= 15 is 0 Å². The van der Waals surface area contributed by atoms with Crippen LogP contribution >= 0.6 is 0 Å². The van der Waals surface area contributed by atoms with Crippen molar-refractivity contribution in [2.45, 2.75) is 143 Å². The van der Waals surface area contributed by atoms with Gasteiger partial charge < -0.3 is 34.1 Å². The molecule has 8 nitrogen and oxygen atoms in total. The topological polar surface area (TPSA) is 97.7 Å². The molecule has 8 heteroatoms. The number of nitrogens with zero attached hydrogens (tertiary/aromatic N) is 1. The maximum atomic E-state index is 13.2. The van der Waals surface area contributed by atoms with Crippen LogP contribution in [0.2, 0.25) is 0 Å². The molecule has 256 valence electrons. The molecule has 2 spiro atoms. The van der Waals surface area contributed by atoms with Crippen molar-refractivity contribution in [3.05, 3.63) is 0 Å². The molecule has 5 aliphatic carbocycles. The van der Waals surface area contributed by atoms with Crippen molar-refractivity contribution < 1.29 is 34.0 Å². The molecule has 0 bridgehead atoms. The summed E-state index contributed by atoms with van der Waals surface area (Å²) in [5, 5.41) is 23.6. The Kier molecular flexibility index (Phi) is 7.63. The first kappa shape index (κ1) is 32.6. The van der Waals surface area contributed by atoms with E-state index in [1.165, 1.54) is 12.8 Å². The highest BCUT2D eigenvalue weighted by Gasteiger charge is 2.84. The average molecular weight is 632 g/mol. The van der Waals surface area contributed by atoms with Gasteiger partial charge in [0, 0.05) is 30.5 Å². The van der Waals surface area contributed by atoms with Crippen LogP contribution in [0.3, 0.4) is 0 Å². The zero-order chi connectivity index (χ0) is 32.4. The fourth-order valence-corrected chi connectivity index (χ4v) is 13.6. The first-order valence-electron chi connectivity index (χ1n) is 18.3. The zero-order valence-corrected chi connectivity index (χ0v) is 29.3. The van der Waals surface area contributed by atoms with Crippen molar-refractivity contribution in [1.82, 2.24) is 4.90 Å². The van der Waals surface area contributed by atoms with Gasteiger partial charge in [0.05, 0.1) is 37.1 Å². The molecule has 5 saturated carbocycles. The number of fused-ring (bicyclic) bond motifs is 4. The summed E-state index contributed by atoms with van der Waals surface area (Å²) < 4.78 is 24.8. The van der Waals surface area contributed by atoms with Crippen LogP contribution in [0.5, 0.6) is 0 Å². The van der Waals surface area contributed by atoms with E-state index in [1.54, 1.807) is 0 Å². The van der Waals surface area contributed by atoms with Crippen molar-refractivity contribution in [2.24, 2.45) is 50.7 Å². The van der Waals surface area contributed by atoms with Crippen LogP contribution in [0, 0.1) is 50.7 Å². The third kappa shape index (κ3) is 4.29. The SMILES string of the molecule is CCO[C@@H]([C@H]1C[C@@H](C)[C@@H]2[C@H](O1)[C@H](O)[C@@]1(C)[C@@H]3CC[C@H]4C(C)(C)[C@@H](OC(=O)N5CCOCC5)CCC45C[C@@]35CC[C@]21C)C(C)(C)O. The maximum Gasteiger partial charge on any atom is 0.410 e. The predicted molar refractivity (Wildman–Crippen MR) is 170 cm³/mol. The lowest BCUT2D eigenvalue weighted by molar-refractivity contribution is -0.215. The Morgan fingerprint density at radius 3 is 2.36 bits per heavy atom. The molecule has 0 aromatic heterocycles. The Labute approximate surface area is 271 Å². The van der Waals surface area contributed by atoms with E-state index < -0.39 is 17.8 Å². The molecule has 0 radical (unpaired) electrons. The molecular formula is C37H61NO7. The van der Waals surface area contributed by atoms with Gasteiger partial charge in [-0.25, -0.2) is 4.79 Å². The normalized spacial score (nSPS) is 50.8. The molecule has 2 aliphatic heterocycles. The Bertz CT molecular complexity index is 1160. The summed E-state index contributed by atoms with van der Waals surface area (Å²) in [5.41, 5.74) is -0.840. The van der Waals surface area contributed by atoms with Crippen LogP contribution in [0.1, 0.15) is 107 Å². The van der Waals surface area contributed by atoms with Gasteiger partial charge in [0.2, 0.25) is 0 Å². The fourth-order valence-electron chi connectivity index (χ4n) is 13.6. The smallest absolute Gasteiger partial charge is 0.410 e. The minimum Gasteiger partial charge on any atom is -0.446 e. The standard InChI is InChI=1S/C37H61NO7/c1-9-43-30(33(5,6)41)23-20-22(2)27-28(44-23)29(39)35(8)25-11-10-24-32(3,4)26(45-31(40)38-16-18-42-19-17-38)12-13-36(24)21-37(25,36)15-14-34(27,35)7/h22-30,39,41H,9-21H2,1-8H3/t22-,23-,24+,25+,26+,27-,28+,29+,30+,34-,35-,36?,37+/m1/s1. The third-order valence-electron chi connectivity index (χ3n) is 15.7. The molecule has 7 fully saturated rings. The van der Waals surface area contributed by atoms with Gasteiger partial charge in [-0.05, 0) is 112 Å². The molecule has 1 amide bonds. The highest BCUT2D eigenvalue weighted by Crippen LogP contribution is 2.89. The summed E-state index contributed by atoms with van der Waals surface area (Å²) in [6.45, 7) is 20.5. The Morgan fingerprint density at radius 1 is 1.02 bits per heavy atom. The summed E-state index contributed by atoms with van der Waals surface area (Å²) in [4.78, 5) is 15.0. The summed E-state index contributed by atoms with van der Waals surface area (Å²) in [5.74, 6) is 1.63. The monoisotopic (exact) mass is 631 g/mol. The van der Waals surface area contributed by atoms with Crippen molar-refractivity contribution in [3.8, 4) is 0 Å². The largest absolute Gasteiger partial charge is 0.446 e. The Morgan fingerprint density at radius 2 is 1.69 bits per heavy atom. The maximum absolute atomic E-state index is 13.2. The summed E-state index contributed by atoms with van der Waals surface area (Å²) in [6.07, 6.45) is 7.04. The number of amides is 1. The number of carbonyl (C=O) groups is 1. The van der Waals surface area contributed by atoms with Gasteiger partial charge in [-0.15, -0.1) is 0 Å².